The largest absolute Gasteiger partial charge is 0.493 e. The number of hydrogen-bond acceptors (Lipinski definition) is 8. The van der Waals surface area contributed by atoms with E-state index >= 15 is 0 Å². The topological polar surface area (TPSA) is 96.6 Å². The molecule has 0 aliphatic heterocycles. The number of para-hydroxylation sites is 1. The van der Waals surface area contributed by atoms with Crippen LogP contribution in [0, 0.1) is 13.8 Å². The lowest BCUT2D eigenvalue weighted by molar-refractivity contribution is 0.0458. The maximum atomic E-state index is 12.4. The maximum Gasteiger partial charge on any atom is 0.342 e. The number of aromatic nitrogens is 2. The number of thiophene rings is 1. The van der Waals surface area contributed by atoms with Crippen molar-refractivity contribution in [3.63, 3.8) is 0 Å². The Morgan fingerprint density at radius 2 is 1.96 bits per heavy atom. The minimum absolute atomic E-state index is 0.0880. The summed E-state index contributed by atoms with van der Waals surface area (Å²) in [5, 5.41) is 0.858. The van der Waals surface area contributed by atoms with Gasteiger partial charge in [-0.15, -0.1) is 11.3 Å². The lowest BCUT2D eigenvalue weighted by atomic mass is 10.2. The number of esters is 1. The third-order valence-electron chi connectivity index (χ3n) is 4.06. The van der Waals surface area contributed by atoms with E-state index in [0.29, 0.717) is 23.1 Å². The van der Waals surface area contributed by atoms with E-state index in [-0.39, 0.29) is 12.2 Å². The number of carbonyl (C=O) groups is 1. The number of benzene rings is 1. The lowest BCUT2D eigenvalue weighted by Crippen LogP contribution is -2.10. The van der Waals surface area contributed by atoms with E-state index in [4.69, 9.17) is 19.9 Å². The van der Waals surface area contributed by atoms with Gasteiger partial charge in [-0.1, -0.05) is 6.07 Å². The van der Waals surface area contributed by atoms with Crippen molar-refractivity contribution in [2.75, 3.05) is 20.0 Å². The number of anilines is 1. The number of nitrogen functional groups attached to an aromatic ring is 1. The van der Waals surface area contributed by atoms with Crippen molar-refractivity contribution < 1.29 is 19.0 Å². The van der Waals surface area contributed by atoms with Crippen LogP contribution in [0.4, 0.5) is 5.82 Å². The van der Waals surface area contributed by atoms with Gasteiger partial charge in [0, 0.05) is 4.88 Å². The second-order valence-electron chi connectivity index (χ2n) is 5.61. The number of ether oxygens (including phenoxy) is 3. The van der Waals surface area contributed by atoms with Crippen LogP contribution >= 0.6 is 11.3 Å². The van der Waals surface area contributed by atoms with Crippen molar-refractivity contribution in [1.29, 1.82) is 0 Å². The summed E-state index contributed by atoms with van der Waals surface area (Å²) in [6.45, 7) is 3.91. The second kappa shape index (κ2) is 7.17. The third kappa shape index (κ3) is 3.15. The zero-order valence-corrected chi connectivity index (χ0v) is 15.8. The Labute approximate surface area is 154 Å². The van der Waals surface area contributed by atoms with E-state index in [0.717, 1.165) is 20.7 Å². The molecular formula is C18H19N3O4S. The molecule has 0 saturated carbocycles. The number of hydrogen-bond donors (Lipinski definition) is 1. The molecule has 2 N–H and O–H groups in total. The van der Waals surface area contributed by atoms with Gasteiger partial charge in [-0.2, -0.15) is 0 Å². The normalized spacial score (nSPS) is 10.8. The number of rotatable bonds is 5. The molecule has 7 nitrogen and oxygen atoms in total. The summed E-state index contributed by atoms with van der Waals surface area (Å²) >= 11 is 1.54. The van der Waals surface area contributed by atoms with Gasteiger partial charge >= 0.3 is 5.97 Å². The van der Waals surface area contributed by atoms with Crippen LogP contribution in [0.2, 0.25) is 0 Å². The summed E-state index contributed by atoms with van der Waals surface area (Å²) in [5.41, 5.74) is 7.39. The van der Waals surface area contributed by atoms with Gasteiger partial charge in [0.15, 0.2) is 23.9 Å². The molecule has 0 fully saturated rings. The van der Waals surface area contributed by atoms with Gasteiger partial charge in [-0.05, 0) is 31.5 Å². The molecule has 0 unspecified atom stereocenters. The average Bonchev–Trinajstić information content (AvgIpc) is 2.93. The van der Waals surface area contributed by atoms with Crippen LogP contribution in [0.25, 0.3) is 10.2 Å². The highest BCUT2D eigenvalue weighted by Crippen LogP contribution is 2.33. The molecule has 0 radical (unpaired) electrons. The quantitative estimate of drug-likeness (QED) is 0.686. The van der Waals surface area contributed by atoms with Crippen molar-refractivity contribution in [3.05, 3.63) is 40.0 Å². The molecular weight excluding hydrogens is 354 g/mol. The fraction of sp³-hybridized carbons (Fsp3) is 0.278. The predicted molar refractivity (Wildman–Crippen MR) is 100.0 cm³/mol. The molecule has 0 saturated heterocycles. The second-order valence-corrected chi connectivity index (χ2v) is 6.81. The highest BCUT2D eigenvalue weighted by Gasteiger charge is 2.19. The number of nitrogens with zero attached hydrogens (tertiary/aromatic N) is 2. The first-order valence-electron chi connectivity index (χ1n) is 7.86. The molecule has 0 spiro atoms. The summed E-state index contributed by atoms with van der Waals surface area (Å²) in [4.78, 5) is 23.1. The smallest absolute Gasteiger partial charge is 0.342 e. The van der Waals surface area contributed by atoms with Crippen molar-refractivity contribution >= 4 is 33.3 Å². The first-order chi connectivity index (χ1) is 12.5. The maximum absolute atomic E-state index is 12.4. The van der Waals surface area contributed by atoms with Crippen LogP contribution in [-0.2, 0) is 11.3 Å². The summed E-state index contributed by atoms with van der Waals surface area (Å²) in [6, 6.07) is 5.00. The SMILES string of the molecule is COc1cccc(C(=O)OCc2nc(N)c3c(C)c(C)sc3n2)c1OC. The summed E-state index contributed by atoms with van der Waals surface area (Å²) in [7, 11) is 2.97. The molecule has 26 heavy (non-hydrogen) atoms. The molecule has 2 aromatic heterocycles. The fourth-order valence-electron chi connectivity index (χ4n) is 2.65. The van der Waals surface area contributed by atoms with E-state index in [1.807, 2.05) is 13.8 Å². The molecule has 2 heterocycles. The van der Waals surface area contributed by atoms with Crippen LogP contribution in [0.15, 0.2) is 18.2 Å². The van der Waals surface area contributed by atoms with E-state index in [1.165, 1.54) is 14.2 Å². The molecule has 1 aromatic carbocycles. The zero-order chi connectivity index (χ0) is 18.8. The van der Waals surface area contributed by atoms with Crippen molar-refractivity contribution in [2.45, 2.75) is 20.5 Å². The standard InChI is InChI=1S/C18H19N3O4S/c1-9-10(2)26-17-14(9)16(19)20-13(21-17)8-25-18(22)11-6-5-7-12(23-3)15(11)24-4/h5-7H,8H2,1-4H3,(H2,19,20,21). The monoisotopic (exact) mass is 373 g/mol. The highest BCUT2D eigenvalue weighted by molar-refractivity contribution is 7.18. The Kier molecular flexibility index (Phi) is 4.94. The van der Waals surface area contributed by atoms with E-state index < -0.39 is 5.97 Å². The Morgan fingerprint density at radius 3 is 2.65 bits per heavy atom. The number of aryl methyl sites for hydroxylation is 2. The van der Waals surface area contributed by atoms with Gasteiger partial charge in [0.1, 0.15) is 16.2 Å². The van der Waals surface area contributed by atoms with Gasteiger partial charge in [0.2, 0.25) is 0 Å². The molecule has 136 valence electrons. The highest BCUT2D eigenvalue weighted by atomic mass is 32.1. The van der Waals surface area contributed by atoms with Crippen LogP contribution in [-0.4, -0.2) is 30.2 Å². The van der Waals surface area contributed by atoms with Crippen molar-refractivity contribution in [2.24, 2.45) is 0 Å². The van der Waals surface area contributed by atoms with Crippen LogP contribution in [0.5, 0.6) is 11.5 Å². The Hall–Kier alpha value is -2.87. The van der Waals surface area contributed by atoms with Crippen LogP contribution in [0.3, 0.4) is 0 Å². The summed E-state index contributed by atoms with van der Waals surface area (Å²) in [5.74, 6) is 0.962. The molecule has 3 rings (SSSR count). The molecule has 0 aliphatic carbocycles. The van der Waals surface area contributed by atoms with Gasteiger partial charge in [0.25, 0.3) is 0 Å². The van der Waals surface area contributed by atoms with Gasteiger partial charge < -0.3 is 19.9 Å². The van der Waals surface area contributed by atoms with Crippen molar-refractivity contribution in [1.82, 2.24) is 9.97 Å². The Morgan fingerprint density at radius 1 is 1.19 bits per heavy atom. The number of nitrogens with two attached hydrogens (primary N) is 1. The van der Waals surface area contributed by atoms with E-state index in [2.05, 4.69) is 9.97 Å². The minimum atomic E-state index is -0.554. The number of carbonyl (C=O) groups excluding carboxylic acids is 1. The molecule has 0 bridgehead atoms. The lowest BCUT2D eigenvalue weighted by Gasteiger charge is -2.12. The first kappa shape index (κ1) is 17.9. The molecule has 8 heteroatoms. The van der Waals surface area contributed by atoms with E-state index in [9.17, 15) is 4.79 Å². The first-order valence-corrected chi connectivity index (χ1v) is 8.68. The zero-order valence-electron chi connectivity index (χ0n) is 15.0. The minimum Gasteiger partial charge on any atom is -0.493 e. The molecule has 0 aliphatic rings. The van der Waals surface area contributed by atoms with Gasteiger partial charge in [-0.25, -0.2) is 14.8 Å². The van der Waals surface area contributed by atoms with Crippen molar-refractivity contribution in [3.8, 4) is 11.5 Å². The van der Waals surface area contributed by atoms with Gasteiger partial charge in [0.05, 0.1) is 19.6 Å². The molecule has 3 aromatic rings. The predicted octanol–water partition coefficient (Wildman–Crippen LogP) is 3.26. The average molecular weight is 373 g/mol. The number of fused-ring (bicyclic) bond motifs is 1. The fourth-order valence-corrected chi connectivity index (χ4v) is 3.70. The Bertz CT molecular complexity index is 984. The van der Waals surface area contributed by atoms with E-state index in [1.54, 1.807) is 29.5 Å². The number of methoxy groups -OCH3 is 2. The van der Waals surface area contributed by atoms with Crippen LogP contribution < -0.4 is 15.2 Å². The summed E-state index contributed by atoms with van der Waals surface area (Å²) in [6.07, 6.45) is 0. The molecule has 0 amide bonds. The molecule has 0 atom stereocenters. The van der Waals surface area contributed by atoms with Gasteiger partial charge in [-0.3, -0.25) is 0 Å². The third-order valence-corrected chi connectivity index (χ3v) is 5.16. The van der Waals surface area contributed by atoms with Crippen LogP contribution in [0.1, 0.15) is 26.6 Å². The Balaban J connectivity index is 1.83. The summed E-state index contributed by atoms with van der Waals surface area (Å²) < 4.78 is 15.8.